The second-order valence-electron chi connectivity index (χ2n) is 10.7. The molecule has 0 rings (SSSR count). The zero-order valence-corrected chi connectivity index (χ0v) is 26.5. The van der Waals surface area contributed by atoms with Crippen molar-refractivity contribution in [3.05, 3.63) is 0 Å². The number of carbonyl (C=O) groups is 2. The zero-order chi connectivity index (χ0) is 29.7. The third-order valence-corrected chi connectivity index (χ3v) is 7.73. The Balaban J connectivity index is 4.06. The summed E-state index contributed by atoms with van der Waals surface area (Å²) in [6.45, 7) is 3.58. The molecule has 40 heavy (non-hydrogen) atoms. The van der Waals surface area contributed by atoms with Crippen molar-refractivity contribution >= 4 is 19.8 Å². The highest BCUT2D eigenvalue weighted by Crippen LogP contribution is 2.43. The van der Waals surface area contributed by atoms with Crippen LogP contribution >= 0.6 is 7.82 Å². The van der Waals surface area contributed by atoms with Crippen LogP contribution < -0.4 is 5.73 Å². The summed E-state index contributed by atoms with van der Waals surface area (Å²) in [5.41, 5.74) is 5.28. The van der Waals surface area contributed by atoms with Crippen LogP contribution in [0.4, 0.5) is 0 Å². The number of esters is 2. The van der Waals surface area contributed by atoms with Crippen molar-refractivity contribution in [2.45, 2.75) is 155 Å². The molecule has 0 saturated heterocycles. The largest absolute Gasteiger partial charge is 0.472 e. The maximum atomic E-state index is 12.2. The lowest BCUT2D eigenvalue weighted by molar-refractivity contribution is -0.161. The average molecular weight is 594 g/mol. The molecule has 0 radical (unpaired) electrons. The molecule has 0 amide bonds. The fourth-order valence-corrected chi connectivity index (χ4v) is 5.10. The molecule has 238 valence electrons. The maximum Gasteiger partial charge on any atom is 0.472 e. The van der Waals surface area contributed by atoms with Gasteiger partial charge in [-0.05, 0) is 12.8 Å². The average Bonchev–Trinajstić information content (AvgIpc) is 2.93. The van der Waals surface area contributed by atoms with E-state index in [1.54, 1.807) is 0 Å². The molecule has 0 aromatic heterocycles. The Hall–Kier alpha value is -0.990. The van der Waals surface area contributed by atoms with Crippen molar-refractivity contribution in [3.63, 3.8) is 0 Å². The van der Waals surface area contributed by atoms with Gasteiger partial charge < -0.3 is 20.1 Å². The summed E-state index contributed by atoms with van der Waals surface area (Å²) < 4.78 is 32.2. The van der Waals surface area contributed by atoms with Gasteiger partial charge in [-0.25, -0.2) is 4.57 Å². The molecule has 10 heteroatoms. The van der Waals surface area contributed by atoms with Crippen molar-refractivity contribution in [1.29, 1.82) is 0 Å². The normalized spacial score (nSPS) is 13.6. The van der Waals surface area contributed by atoms with Crippen LogP contribution in [0.15, 0.2) is 0 Å². The number of hydrogen-bond donors (Lipinski definition) is 2. The number of rotatable bonds is 30. The monoisotopic (exact) mass is 593 g/mol. The molecule has 0 saturated carbocycles. The Morgan fingerprint density at radius 3 is 1.55 bits per heavy atom. The molecule has 0 spiro atoms. The van der Waals surface area contributed by atoms with E-state index >= 15 is 0 Å². The van der Waals surface area contributed by atoms with Crippen molar-refractivity contribution in [3.8, 4) is 0 Å². The molecule has 0 aromatic carbocycles. The number of carbonyl (C=O) groups excluding carboxylic acids is 2. The fourth-order valence-electron chi connectivity index (χ4n) is 4.34. The first kappa shape index (κ1) is 39.0. The van der Waals surface area contributed by atoms with Crippen LogP contribution in [0.3, 0.4) is 0 Å². The van der Waals surface area contributed by atoms with Gasteiger partial charge in [-0.15, -0.1) is 0 Å². The van der Waals surface area contributed by atoms with Gasteiger partial charge in [-0.1, -0.05) is 123 Å². The van der Waals surface area contributed by atoms with Crippen LogP contribution in [0.25, 0.3) is 0 Å². The summed E-state index contributed by atoms with van der Waals surface area (Å²) in [6.07, 6.45) is 22.0. The Labute approximate surface area is 244 Å². The SMILES string of the molecule is CCCCCCCCCCCCCCCCCC(=O)OC[C@H](COP(=O)(O)OCCN)OC(=O)CCCCCC. The number of nitrogens with two attached hydrogens (primary N) is 1. The van der Waals surface area contributed by atoms with Crippen LogP contribution in [0.5, 0.6) is 0 Å². The van der Waals surface area contributed by atoms with Crippen LogP contribution in [0.2, 0.25) is 0 Å². The number of hydrogen-bond acceptors (Lipinski definition) is 8. The second-order valence-corrected chi connectivity index (χ2v) is 12.1. The molecule has 0 aliphatic heterocycles. The van der Waals surface area contributed by atoms with Gasteiger partial charge in [0.05, 0.1) is 13.2 Å². The highest BCUT2D eigenvalue weighted by atomic mass is 31.2. The van der Waals surface area contributed by atoms with E-state index in [4.69, 9.17) is 24.3 Å². The first-order valence-corrected chi connectivity index (χ1v) is 17.5. The van der Waals surface area contributed by atoms with Gasteiger partial charge >= 0.3 is 19.8 Å². The number of unbranched alkanes of at least 4 members (excludes halogenated alkanes) is 17. The molecule has 0 fully saturated rings. The molecule has 0 bridgehead atoms. The van der Waals surface area contributed by atoms with Crippen LogP contribution in [0, 0.1) is 0 Å². The van der Waals surface area contributed by atoms with Gasteiger partial charge in [0.15, 0.2) is 6.10 Å². The van der Waals surface area contributed by atoms with Crippen molar-refractivity contribution < 1.29 is 37.6 Å². The zero-order valence-electron chi connectivity index (χ0n) is 25.6. The van der Waals surface area contributed by atoms with E-state index in [9.17, 15) is 19.0 Å². The third-order valence-electron chi connectivity index (χ3n) is 6.74. The number of phosphoric acid groups is 1. The molecule has 0 aliphatic carbocycles. The minimum absolute atomic E-state index is 0.0566. The topological polar surface area (TPSA) is 134 Å². The number of ether oxygens (including phenoxy) is 2. The summed E-state index contributed by atoms with van der Waals surface area (Å²) in [7, 11) is -4.34. The smallest absolute Gasteiger partial charge is 0.462 e. The maximum absolute atomic E-state index is 12.2. The second kappa shape index (κ2) is 28.1. The summed E-state index contributed by atoms with van der Waals surface area (Å²) in [6, 6.07) is 0. The van der Waals surface area contributed by atoms with Gasteiger partial charge in [0, 0.05) is 19.4 Å². The Morgan fingerprint density at radius 1 is 0.650 bits per heavy atom. The van der Waals surface area contributed by atoms with Crippen molar-refractivity contribution in [2.24, 2.45) is 5.73 Å². The Kier molecular flexibility index (Phi) is 27.4. The van der Waals surface area contributed by atoms with E-state index < -0.39 is 26.5 Å². The summed E-state index contributed by atoms with van der Waals surface area (Å²) >= 11 is 0. The molecule has 3 N–H and O–H groups in total. The van der Waals surface area contributed by atoms with E-state index in [1.807, 2.05) is 0 Å². The highest BCUT2D eigenvalue weighted by molar-refractivity contribution is 7.47. The quantitative estimate of drug-likeness (QED) is 0.0486. The molecule has 0 aromatic rings. The first-order chi connectivity index (χ1) is 19.3. The molecular weight excluding hydrogens is 533 g/mol. The molecule has 0 heterocycles. The summed E-state index contributed by atoms with van der Waals surface area (Å²) in [5, 5.41) is 0. The van der Waals surface area contributed by atoms with E-state index in [0.717, 1.165) is 38.5 Å². The molecule has 0 aliphatic rings. The standard InChI is InChI=1S/C30H60NO8P/c1-3-5-7-9-10-11-12-13-14-15-16-17-18-19-21-22-29(32)36-26-28(27-38-40(34,35)37-25-24-31)39-30(33)23-20-8-6-4-2/h28H,3-27,31H2,1-2H3,(H,34,35)/t28-/m1/s1. The van der Waals surface area contributed by atoms with Crippen LogP contribution in [0.1, 0.15) is 149 Å². The summed E-state index contributed by atoms with van der Waals surface area (Å²) in [4.78, 5) is 34.1. The molecular formula is C30H60NO8P. The van der Waals surface area contributed by atoms with Gasteiger partial charge in [-0.3, -0.25) is 18.6 Å². The Morgan fingerprint density at radius 2 is 1.07 bits per heavy atom. The van der Waals surface area contributed by atoms with Crippen molar-refractivity contribution in [2.75, 3.05) is 26.4 Å². The summed E-state index contributed by atoms with van der Waals surface area (Å²) in [5.74, 6) is -0.843. The van der Waals surface area contributed by atoms with Gasteiger partial charge in [-0.2, -0.15) is 0 Å². The molecule has 9 nitrogen and oxygen atoms in total. The highest BCUT2D eigenvalue weighted by Gasteiger charge is 2.25. The van der Waals surface area contributed by atoms with E-state index in [-0.39, 0.29) is 38.6 Å². The van der Waals surface area contributed by atoms with E-state index in [2.05, 4.69) is 13.8 Å². The van der Waals surface area contributed by atoms with Gasteiger partial charge in [0.2, 0.25) is 0 Å². The number of phosphoric ester groups is 1. The third kappa shape index (κ3) is 27.2. The minimum atomic E-state index is -4.34. The Bertz CT molecular complexity index is 649. The lowest BCUT2D eigenvalue weighted by Crippen LogP contribution is -2.29. The van der Waals surface area contributed by atoms with Crippen LogP contribution in [-0.4, -0.2) is 49.3 Å². The predicted molar refractivity (Wildman–Crippen MR) is 160 cm³/mol. The molecule has 2 atom stereocenters. The lowest BCUT2D eigenvalue weighted by Gasteiger charge is -2.19. The van der Waals surface area contributed by atoms with E-state index in [1.165, 1.54) is 77.0 Å². The van der Waals surface area contributed by atoms with Crippen LogP contribution in [-0.2, 0) is 32.7 Å². The predicted octanol–water partition coefficient (Wildman–Crippen LogP) is 7.77. The van der Waals surface area contributed by atoms with E-state index in [0.29, 0.717) is 6.42 Å². The molecule has 1 unspecified atom stereocenters. The first-order valence-electron chi connectivity index (χ1n) is 16.0. The lowest BCUT2D eigenvalue weighted by atomic mass is 10.0. The minimum Gasteiger partial charge on any atom is -0.462 e. The fraction of sp³-hybridized carbons (Fsp3) is 0.933. The van der Waals surface area contributed by atoms with Crippen molar-refractivity contribution in [1.82, 2.24) is 0 Å². The van der Waals surface area contributed by atoms with Gasteiger partial charge in [0.1, 0.15) is 6.61 Å². The van der Waals surface area contributed by atoms with Gasteiger partial charge in [0.25, 0.3) is 0 Å².